The number of ketones is 2. The van der Waals surface area contributed by atoms with E-state index in [0.717, 1.165) is 19.3 Å². The molecule has 3 fully saturated rings. The number of rotatable bonds is 9. The number of hydrogen-bond acceptors (Lipinski definition) is 6. The van der Waals surface area contributed by atoms with Crippen molar-refractivity contribution < 1.29 is 26.4 Å². The van der Waals surface area contributed by atoms with Crippen molar-refractivity contribution in [2.45, 2.75) is 59.3 Å². The van der Waals surface area contributed by atoms with Gasteiger partial charge in [-0.2, -0.15) is 8.42 Å². The largest absolute Gasteiger partial charge is 0.380 e. The second-order valence-corrected chi connectivity index (χ2v) is 14.2. The fraction of sp³-hybridized carbons (Fsp3) is 0.900. The maximum Gasteiger partial charge on any atom is 0.277 e. The third-order valence-electron chi connectivity index (χ3n) is 7.24. The van der Waals surface area contributed by atoms with Crippen LogP contribution in [-0.2, 0) is 28.1 Å². The van der Waals surface area contributed by atoms with Crippen molar-refractivity contribution in [3.63, 3.8) is 0 Å². The average molecular weight is 435 g/mol. The highest BCUT2D eigenvalue weighted by atomic mass is 32.3. The van der Waals surface area contributed by atoms with Crippen LogP contribution in [0.15, 0.2) is 0 Å². The quantitative estimate of drug-likeness (QED) is 0.554. The molecule has 1 heterocycles. The molecule has 1 aliphatic heterocycles. The summed E-state index contributed by atoms with van der Waals surface area (Å²) in [5.41, 5.74) is -1.16. The molecule has 162 valence electrons. The van der Waals surface area contributed by atoms with Crippen molar-refractivity contribution in [1.82, 2.24) is 0 Å². The van der Waals surface area contributed by atoms with Gasteiger partial charge in [-0.25, -0.2) is 3.63 Å². The summed E-state index contributed by atoms with van der Waals surface area (Å²) >= 11 is 0. The first kappa shape index (κ1) is 22.2. The summed E-state index contributed by atoms with van der Waals surface area (Å²) in [4.78, 5) is 25.2. The maximum absolute atomic E-state index is 13.2. The number of fused-ring (bicyclic) bond motifs is 2. The maximum atomic E-state index is 13.2. The van der Waals surface area contributed by atoms with E-state index in [9.17, 15) is 18.0 Å². The Balaban J connectivity index is 1.78. The van der Waals surface area contributed by atoms with Gasteiger partial charge in [-0.15, -0.1) is 10.3 Å². The lowest BCUT2D eigenvalue weighted by atomic mass is 9.70. The predicted molar refractivity (Wildman–Crippen MR) is 111 cm³/mol. The third kappa shape index (κ3) is 4.07. The van der Waals surface area contributed by atoms with E-state index >= 15 is 0 Å². The minimum absolute atomic E-state index is 0.0657. The molecule has 0 N–H and O–H groups in total. The van der Waals surface area contributed by atoms with Crippen LogP contribution in [0.5, 0.6) is 0 Å². The molecule has 2 atom stereocenters. The summed E-state index contributed by atoms with van der Waals surface area (Å²) in [5.74, 6) is 1.27. The number of carbonyl (C=O) groups is 2. The molecule has 3 rings (SSSR count). The molecular weight excluding hydrogens is 400 g/mol. The van der Waals surface area contributed by atoms with E-state index in [2.05, 4.69) is 0 Å². The normalized spacial score (nSPS) is 32.4. The van der Waals surface area contributed by atoms with Crippen molar-refractivity contribution >= 4 is 32.0 Å². The van der Waals surface area contributed by atoms with Crippen LogP contribution in [0.4, 0.5) is 0 Å². The first-order valence-corrected chi connectivity index (χ1v) is 14.0. The molecule has 2 saturated carbocycles. The molecule has 3 aliphatic rings. The Morgan fingerprint density at radius 3 is 2.50 bits per heavy atom. The fourth-order valence-electron chi connectivity index (χ4n) is 5.26. The van der Waals surface area contributed by atoms with Gasteiger partial charge in [-0.1, -0.05) is 27.2 Å². The minimum atomic E-state index is -3.93. The Hall–Kier alpha value is -0.440. The van der Waals surface area contributed by atoms with Crippen LogP contribution in [0.2, 0.25) is 0 Å². The molecule has 8 heteroatoms. The van der Waals surface area contributed by atoms with Crippen molar-refractivity contribution in [2.75, 3.05) is 36.2 Å². The zero-order valence-electron chi connectivity index (χ0n) is 17.3. The van der Waals surface area contributed by atoms with Crippen molar-refractivity contribution in [2.24, 2.45) is 16.7 Å². The topological polar surface area (TPSA) is 86.7 Å². The fourth-order valence-corrected chi connectivity index (χ4v) is 11.3. The summed E-state index contributed by atoms with van der Waals surface area (Å²) in [5, 5.41) is 0. The van der Waals surface area contributed by atoms with Crippen LogP contribution in [0.3, 0.4) is 0 Å². The van der Waals surface area contributed by atoms with Gasteiger partial charge in [0.05, 0.1) is 30.1 Å². The van der Waals surface area contributed by atoms with Gasteiger partial charge in [-0.05, 0) is 30.6 Å². The Kier molecular flexibility index (Phi) is 6.36. The molecule has 2 aliphatic carbocycles. The Bertz CT molecular complexity index is 723. The summed E-state index contributed by atoms with van der Waals surface area (Å²) in [6.45, 7) is 6.92. The van der Waals surface area contributed by atoms with Crippen LogP contribution in [0, 0.1) is 16.7 Å². The molecule has 28 heavy (non-hydrogen) atoms. The summed E-state index contributed by atoms with van der Waals surface area (Å²) in [7, 11) is -6.01. The molecule has 6 nitrogen and oxygen atoms in total. The lowest BCUT2D eigenvalue weighted by Crippen LogP contribution is -2.43. The summed E-state index contributed by atoms with van der Waals surface area (Å²) in [6.07, 6.45) is 4.20. The van der Waals surface area contributed by atoms with Crippen molar-refractivity contribution in [1.29, 1.82) is 0 Å². The van der Waals surface area contributed by atoms with E-state index in [4.69, 9.17) is 8.37 Å². The van der Waals surface area contributed by atoms with E-state index < -0.39 is 25.8 Å². The average Bonchev–Trinajstić information content (AvgIpc) is 2.93. The van der Waals surface area contributed by atoms with Crippen molar-refractivity contribution in [3.05, 3.63) is 0 Å². The third-order valence-corrected chi connectivity index (χ3v) is 12.7. The second kappa shape index (κ2) is 8.00. The number of ether oxygens (including phenoxy) is 1. The smallest absolute Gasteiger partial charge is 0.277 e. The molecule has 0 radical (unpaired) electrons. The van der Waals surface area contributed by atoms with E-state index in [-0.39, 0.29) is 34.4 Å². The molecule has 0 amide bonds. The highest BCUT2D eigenvalue weighted by Gasteiger charge is 2.65. The summed E-state index contributed by atoms with van der Waals surface area (Å²) in [6, 6.07) is 0. The Morgan fingerprint density at radius 1 is 1.29 bits per heavy atom. The van der Waals surface area contributed by atoms with Gasteiger partial charge in [0.2, 0.25) is 0 Å². The van der Waals surface area contributed by atoms with Crippen LogP contribution in [0.1, 0.15) is 59.3 Å². The van der Waals surface area contributed by atoms with Gasteiger partial charge in [0.1, 0.15) is 11.6 Å². The second-order valence-electron chi connectivity index (χ2n) is 9.21. The van der Waals surface area contributed by atoms with Gasteiger partial charge in [0, 0.05) is 24.3 Å². The zero-order valence-corrected chi connectivity index (χ0v) is 19.0. The van der Waals surface area contributed by atoms with Gasteiger partial charge in [0.15, 0.2) is 0 Å². The number of Topliss-reactive ketones (excluding diaryl/α,β-unsaturated/α-hetero) is 2. The molecule has 0 spiro atoms. The number of hydrogen-bond donors (Lipinski definition) is 0. The molecule has 2 unspecified atom stereocenters. The van der Waals surface area contributed by atoms with Crippen LogP contribution in [0.25, 0.3) is 0 Å². The monoisotopic (exact) mass is 434 g/mol. The molecule has 0 aromatic heterocycles. The number of unbranched alkanes of at least 4 members (excludes halogenated alkanes) is 1. The Labute approximate surface area is 170 Å². The molecule has 2 bridgehead atoms. The molecular formula is C20H34O6S2. The highest BCUT2D eigenvalue weighted by Crippen LogP contribution is 2.65. The molecule has 0 aromatic rings. The van der Waals surface area contributed by atoms with E-state index in [1.165, 1.54) is 0 Å². The molecule has 1 saturated heterocycles. The first-order chi connectivity index (χ1) is 13.1. The minimum Gasteiger partial charge on any atom is -0.380 e. The van der Waals surface area contributed by atoms with Crippen molar-refractivity contribution in [3.8, 4) is 0 Å². The van der Waals surface area contributed by atoms with Gasteiger partial charge < -0.3 is 4.74 Å². The number of carbonyl (C=O) groups excluding carboxylic acids is 2. The lowest BCUT2D eigenvalue weighted by molar-refractivity contribution is -0.128. The lowest BCUT2D eigenvalue weighted by Gasteiger charge is -2.42. The highest BCUT2D eigenvalue weighted by molar-refractivity contribution is 8.33. The molecule has 0 aromatic carbocycles. The summed E-state index contributed by atoms with van der Waals surface area (Å²) < 4.78 is 37.6. The van der Waals surface area contributed by atoms with Crippen LogP contribution >= 0.6 is 10.3 Å². The van der Waals surface area contributed by atoms with Gasteiger partial charge in [-0.3, -0.25) is 9.59 Å². The predicted octanol–water partition coefficient (Wildman–Crippen LogP) is 3.24. The standard InChI is InChI=1S/C20H34O6S2/c1-4-5-6-17(21)14-27(11-9-25-10-12-27)26-28(23,24)15-20-8-7-16(13-18(20)22)19(20,2)3/h16H,4-15H2,1-3H3. The zero-order chi connectivity index (χ0) is 20.6. The van der Waals surface area contributed by atoms with E-state index in [1.807, 2.05) is 20.8 Å². The Morgan fingerprint density at radius 2 is 1.96 bits per heavy atom. The van der Waals surface area contributed by atoms with Crippen LogP contribution in [-0.4, -0.2) is 56.2 Å². The van der Waals surface area contributed by atoms with Gasteiger partial charge in [0.25, 0.3) is 10.1 Å². The van der Waals surface area contributed by atoms with E-state index in [1.54, 1.807) is 0 Å². The van der Waals surface area contributed by atoms with Crippen LogP contribution < -0.4 is 0 Å². The first-order valence-electron chi connectivity index (χ1n) is 10.4. The van der Waals surface area contributed by atoms with Gasteiger partial charge >= 0.3 is 0 Å². The SMILES string of the molecule is CCCCC(=O)CS1(OS(=O)(=O)CC23CCC(CC2=O)C3(C)C)CCOCC1. The van der Waals surface area contributed by atoms with E-state index in [0.29, 0.717) is 44.0 Å².